The molecule has 0 aromatic heterocycles. The molecule has 1 aromatic rings. The zero-order valence-corrected chi connectivity index (χ0v) is 12.3. The van der Waals surface area contributed by atoms with Gasteiger partial charge in [-0.15, -0.1) is 0 Å². The van der Waals surface area contributed by atoms with E-state index >= 15 is 0 Å². The number of anilines is 1. The van der Waals surface area contributed by atoms with Crippen molar-refractivity contribution in [1.29, 1.82) is 0 Å². The van der Waals surface area contributed by atoms with Gasteiger partial charge >= 0.3 is 0 Å². The fourth-order valence-corrected chi connectivity index (χ4v) is 3.53. The Morgan fingerprint density at radius 1 is 1.25 bits per heavy atom. The van der Waals surface area contributed by atoms with Crippen molar-refractivity contribution in [3.8, 4) is 0 Å². The van der Waals surface area contributed by atoms with Gasteiger partial charge < -0.3 is 10.6 Å². The lowest BCUT2D eigenvalue weighted by Crippen LogP contribution is -2.40. The van der Waals surface area contributed by atoms with Crippen LogP contribution in [-0.4, -0.2) is 47.9 Å². The smallest absolute Gasteiger partial charge is 0.256 e. The van der Waals surface area contributed by atoms with Crippen molar-refractivity contribution in [2.24, 2.45) is 0 Å². The molecule has 2 aliphatic rings. The van der Waals surface area contributed by atoms with Crippen LogP contribution in [0.15, 0.2) is 18.2 Å². The molecule has 2 fully saturated rings. The van der Waals surface area contributed by atoms with Crippen LogP contribution in [0.5, 0.6) is 0 Å². The second kappa shape index (κ2) is 5.09. The molecule has 4 nitrogen and oxygen atoms in total. The fourth-order valence-electron chi connectivity index (χ4n) is 3.53. The van der Waals surface area contributed by atoms with Crippen LogP contribution < -0.4 is 5.73 Å². The number of aryl methyl sites for hydroxylation is 1. The molecule has 2 atom stereocenters. The molecule has 0 spiro atoms. The van der Waals surface area contributed by atoms with Crippen molar-refractivity contribution in [1.82, 2.24) is 9.80 Å². The quantitative estimate of drug-likeness (QED) is 0.795. The van der Waals surface area contributed by atoms with Gasteiger partial charge in [0.05, 0.1) is 5.56 Å². The minimum atomic E-state index is 0.0900. The number of carbonyl (C=O) groups excluding carboxylic acids is 1. The highest BCUT2D eigenvalue weighted by Gasteiger charge is 2.36. The van der Waals surface area contributed by atoms with Crippen LogP contribution in [-0.2, 0) is 0 Å². The van der Waals surface area contributed by atoms with Crippen molar-refractivity contribution in [3.63, 3.8) is 0 Å². The van der Waals surface area contributed by atoms with Crippen molar-refractivity contribution < 1.29 is 4.79 Å². The topological polar surface area (TPSA) is 49.6 Å². The van der Waals surface area contributed by atoms with Crippen LogP contribution in [0.1, 0.15) is 35.2 Å². The van der Waals surface area contributed by atoms with Crippen molar-refractivity contribution in [2.75, 3.05) is 25.9 Å². The number of para-hydroxylation sites is 1. The highest BCUT2D eigenvalue weighted by Crippen LogP contribution is 2.29. The number of fused-ring (bicyclic) bond motifs is 2. The fraction of sp³-hybridized carbons (Fsp3) is 0.562. The molecule has 2 saturated heterocycles. The third-order valence-corrected chi connectivity index (χ3v) is 4.99. The second-order valence-corrected chi connectivity index (χ2v) is 6.13. The van der Waals surface area contributed by atoms with Crippen LogP contribution in [0.4, 0.5) is 5.69 Å². The molecule has 0 radical (unpaired) electrons. The van der Waals surface area contributed by atoms with E-state index in [0.717, 1.165) is 25.1 Å². The third-order valence-electron chi connectivity index (χ3n) is 4.99. The Morgan fingerprint density at radius 3 is 2.80 bits per heavy atom. The molecule has 2 N–H and O–H groups in total. The summed E-state index contributed by atoms with van der Waals surface area (Å²) in [5.41, 5.74) is 8.33. The molecule has 2 unspecified atom stereocenters. The Kier molecular flexibility index (Phi) is 3.42. The van der Waals surface area contributed by atoms with Crippen molar-refractivity contribution in [3.05, 3.63) is 29.3 Å². The molecule has 4 heteroatoms. The molecule has 1 amide bonds. The number of carbonyl (C=O) groups is 1. The van der Waals surface area contributed by atoms with Gasteiger partial charge in [0.1, 0.15) is 0 Å². The predicted octanol–water partition coefficient (Wildman–Crippen LogP) is 1.89. The van der Waals surface area contributed by atoms with Crippen LogP contribution in [0.3, 0.4) is 0 Å². The summed E-state index contributed by atoms with van der Waals surface area (Å²) in [6.45, 7) is 3.63. The minimum Gasteiger partial charge on any atom is -0.398 e. The number of nitrogens with two attached hydrogens (primary N) is 1. The third kappa shape index (κ3) is 2.18. The van der Waals surface area contributed by atoms with E-state index in [9.17, 15) is 4.79 Å². The van der Waals surface area contributed by atoms with E-state index in [4.69, 9.17) is 5.73 Å². The molecule has 2 bridgehead atoms. The average molecular weight is 273 g/mol. The Hall–Kier alpha value is -1.55. The summed E-state index contributed by atoms with van der Waals surface area (Å²) >= 11 is 0. The number of nitrogens with zero attached hydrogens (tertiary/aromatic N) is 2. The number of nitrogen functional groups attached to an aromatic ring is 1. The monoisotopic (exact) mass is 273 g/mol. The minimum absolute atomic E-state index is 0.0900. The van der Waals surface area contributed by atoms with Crippen LogP contribution in [0.25, 0.3) is 0 Å². The molecular weight excluding hydrogens is 250 g/mol. The van der Waals surface area contributed by atoms with E-state index < -0.39 is 0 Å². The summed E-state index contributed by atoms with van der Waals surface area (Å²) in [5.74, 6) is 0.0900. The SMILES string of the molecule is Cc1cccc(C(=O)N2CCC3CCC(C2)N3C)c1N. The summed E-state index contributed by atoms with van der Waals surface area (Å²) in [5, 5.41) is 0. The lowest BCUT2D eigenvalue weighted by Gasteiger charge is -2.26. The highest BCUT2D eigenvalue weighted by molar-refractivity contribution is 5.99. The Bertz CT molecular complexity index is 528. The lowest BCUT2D eigenvalue weighted by molar-refractivity contribution is 0.0741. The summed E-state index contributed by atoms with van der Waals surface area (Å²) < 4.78 is 0. The number of hydrogen-bond donors (Lipinski definition) is 1. The van der Waals surface area contributed by atoms with E-state index in [2.05, 4.69) is 11.9 Å². The first-order chi connectivity index (χ1) is 9.58. The summed E-state index contributed by atoms with van der Waals surface area (Å²) in [7, 11) is 2.19. The normalized spacial score (nSPS) is 26.6. The maximum absolute atomic E-state index is 12.7. The molecule has 1 aromatic carbocycles. The highest BCUT2D eigenvalue weighted by atomic mass is 16.2. The molecule has 2 heterocycles. The molecule has 20 heavy (non-hydrogen) atoms. The molecule has 3 rings (SSSR count). The zero-order valence-electron chi connectivity index (χ0n) is 12.3. The zero-order chi connectivity index (χ0) is 14.3. The van der Waals surface area contributed by atoms with Gasteiger partial charge in [0.25, 0.3) is 5.91 Å². The van der Waals surface area contributed by atoms with E-state index in [-0.39, 0.29) is 5.91 Å². The Morgan fingerprint density at radius 2 is 2.00 bits per heavy atom. The predicted molar refractivity (Wildman–Crippen MR) is 80.7 cm³/mol. The number of likely N-dealkylation sites (tertiary alicyclic amines) is 1. The van der Waals surface area contributed by atoms with Crippen LogP contribution >= 0.6 is 0 Å². The van der Waals surface area contributed by atoms with Gasteiger partial charge in [0.15, 0.2) is 0 Å². The van der Waals surface area contributed by atoms with Crippen LogP contribution in [0, 0.1) is 6.92 Å². The largest absolute Gasteiger partial charge is 0.398 e. The maximum Gasteiger partial charge on any atom is 0.256 e. The van der Waals surface area contributed by atoms with E-state index in [1.807, 2.05) is 30.0 Å². The van der Waals surface area contributed by atoms with Gasteiger partial charge in [-0.2, -0.15) is 0 Å². The standard InChI is InChI=1S/C16H23N3O/c1-11-4-3-5-14(15(11)17)16(20)19-9-8-12-6-7-13(10-19)18(12)2/h3-5,12-13H,6-10,17H2,1-2H3. The first-order valence-corrected chi connectivity index (χ1v) is 7.44. The molecule has 0 saturated carbocycles. The van der Waals surface area contributed by atoms with Crippen LogP contribution in [0.2, 0.25) is 0 Å². The van der Waals surface area contributed by atoms with Gasteiger partial charge in [0, 0.05) is 30.9 Å². The van der Waals surface area contributed by atoms with E-state index in [0.29, 0.717) is 23.3 Å². The van der Waals surface area contributed by atoms with Crippen molar-refractivity contribution >= 4 is 11.6 Å². The lowest BCUT2D eigenvalue weighted by atomic mass is 10.0. The molecule has 2 aliphatic heterocycles. The van der Waals surface area contributed by atoms with E-state index in [1.165, 1.54) is 12.8 Å². The number of hydrogen-bond acceptors (Lipinski definition) is 3. The first kappa shape index (κ1) is 13.4. The van der Waals surface area contributed by atoms with E-state index in [1.54, 1.807) is 0 Å². The average Bonchev–Trinajstić information content (AvgIpc) is 2.66. The number of amides is 1. The molecule has 108 valence electrons. The first-order valence-electron chi connectivity index (χ1n) is 7.44. The van der Waals surface area contributed by atoms with Gasteiger partial charge in [-0.3, -0.25) is 9.69 Å². The van der Waals surface area contributed by atoms with Gasteiger partial charge in [-0.1, -0.05) is 12.1 Å². The van der Waals surface area contributed by atoms with Crippen molar-refractivity contribution in [2.45, 2.75) is 38.3 Å². The summed E-state index contributed by atoms with van der Waals surface area (Å²) in [6, 6.07) is 6.86. The summed E-state index contributed by atoms with van der Waals surface area (Å²) in [4.78, 5) is 17.2. The molecule has 0 aliphatic carbocycles. The Balaban J connectivity index is 1.82. The van der Waals surface area contributed by atoms with Gasteiger partial charge in [-0.25, -0.2) is 0 Å². The summed E-state index contributed by atoms with van der Waals surface area (Å²) in [6.07, 6.45) is 3.55. The number of rotatable bonds is 1. The number of likely N-dealkylation sites (N-methyl/N-ethyl adjacent to an activating group) is 1. The second-order valence-electron chi connectivity index (χ2n) is 6.13. The van der Waals surface area contributed by atoms with Gasteiger partial charge in [-0.05, 0) is 44.9 Å². The van der Waals surface area contributed by atoms with Gasteiger partial charge in [0.2, 0.25) is 0 Å². The molecular formula is C16H23N3O. The number of benzene rings is 1. The Labute approximate surface area is 120 Å². The maximum atomic E-state index is 12.7.